The highest BCUT2D eigenvalue weighted by molar-refractivity contribution is 5.93. The quantitative estimate of drug-likeness (QED) is 0.943. The van der Waals surface area contributed by atoms with Gasteiger partial charge in [0.15, 0.2) is 0 Å². The van der Waals surface area contributed by atoms with Gasteiger partial charge in [-0.2, -0.15) is 4.98 Å². The monoisotopic (exact) mass is 313 g/mol. The first-order valence-electron chi connectivity index (χ1n) is 7.77. The summed E-state index contributed by atoms with van der Waals surface area (Å²) in [6, 6.07) is 7.12. The molecule has 0 spiro atoms. The zero-order chi connectivity index (χ0) is 17.1. The molecule has 0 bridgehead atoms. The van der Waals surface area contributed by atoms with E-state index in [9.17, 15) is 9.59 Å². The molecule has 0 aliphatic heterocycles. The number of carbonyl (C=O) groups is 1. The highest BCUT2D eigenvalue weighted by Gasteiger charge is 2.22. The second-order valence-corrected chi connectivity index (χ2v) is 5.98. The molecule has 1 aromatic carbocycles. The third-order valence-electron chi connectivity index (χ3n) is 3.77. The highest BCUT2D eigenvalue weighted by atomic mass is 16.2. The molecule has 2 aromatic rings. The number of benzene rings is 1. The van der Waals surface area contributed by atoms with Crippen molar-refractivity contribution in [3.8, 4) is 0 Å². The van der Waals surface area contributed by atoms with Crippen LogP contribution in [0.2, 0.25) is 0 Å². The summed E-state index contributed by atoms with van der Waals surface area (Å²) in [5, 5.41) is 2.92. The van der Waals surface area contributed by atoms with Gasteiger partial charge in [-0.1, -0.05) is 13.0 Å². The SMILES string of the molecule is CCC(C(=O)Nc1cc(C)cc(C)c1)n1c(C)cc(C)nc1=O. The highest BCUT2D eigenvalue weighted by Crippen LogP contribution is 2.18. The zero-order valence-electron chi connectivity index (χ0n) is 14.3. The summed E-state index contributed by atoms with van der Waals surface area (Å²) in [6.07, 6.45) is 0.516. The number of aryl methyl sites for hydroxylation is 4. The van der Waals surface area contributed by atoms with Crippen molar-refractivity contribution < 1.29 is 4.79 Å². The van der Waals surface area contributed by atoms with Crippen LogP contribution in [0, 0.1) is 27.7 Å². The topological polar surface area (TPSA) is 64.0 Å². The fourth-order valence-electron chi connectivity index (χ4n) is 2.90. The van der Waals surface area contributed by atoms with E-state index in [2.05, 4.69) is 10.3 Å². The first kappa shape index (κ1) is 16.9. The summed E-state index contributed by atoms with van der Waals surface area (Å²) in [6.45, 7) is 9.45. The van der Waals surface area contributed by atoms with Crippen LogP contribution in [0.3, 0.4) is 0 Å². The number of hydrogen-bond donors (Lipinski definition) is 1. The van der Waals surface area contributed by atoms with Crippen LogP contribution in [0.25, 0.3) is 0 Å². The number of hydrogen-bond acceptors (Lipinski definition) is 3. The Kier molecular flexibility index (Phi) is 4.98. The van der Waals surface area contributed by atoms with Crippen LogP contribution >= 0.6 is 0 Å². The Morgan fingerprint density at radius 2 is 1.74 bits per heavy atom. The van der Waals surface area contributed by atoms with Gasteiger partial charge >= 0.3 is 5.69 Å². The van der Waals surface area contributed by atoms with E-state index in [1.165, 1.54) is 4.57 Å². The molecule has 0 aliphatic rings. The molecule has 0 aliphatic carbocycles. The summed E-state index contributed by atoms with van der Waals surface area (Å²) in [5.74, 6) is -0.201. The predicted molar refractivity (Wildman–Crippen MR) is 91.8 cm³/mol. The summed E-state index contributed by atoms with van der Waals surface area (Å²) >= 11 is 0. The van der Waals surface area contributed by atoms with E-state index in [-0.39, 0.29) is 11.6 Å². The smallest absolute Gasteiger partial charge is 0.324 e. The van der Waals surface area contributed by atoms with Crippen molar-refractivity contribution in [2.24, 2.45) is 0 Å². The predicted octanol–water partition coefficient (Wildman–Crippen LogP) is 3.07. The molecular weight excluding hydrogens is 290 g/mol. The molecule has 1 unspecified atom stereocenters. The lowest BCUT2D eigenvalue weighted by molar-refractivity contribution is -0.119. The Balaban J connectivity index is 2.34. The van der Waals surface area contributed by atoms with Gasteiger partial charge in [-0.25, -0.2) is 4.79 Å². The molecule has 2 rings (SSSR count). The fraction of sp³-hybridized carbons (Fsp3) is 0.389. The van der Waals surface area contributed by atoms with Gasteiger partial charge in [-0.15, -0.1) is 0 Å². The number of anilines is 1. The minimum absolute atomic E-state index is 0.201. The maximum absolute atomic E-state index is 12.7. The minimum Gasteiger partial charge on any atom is -0.324 e. The van der Waals surface area contributed by atoms with E-state index in [1.807, 2.05) is 52.0 Å². The van der Waals surface area contributed by atoms with Crippen LogP contribution in [0.1, 0.15) is 41.9 Å². The molecule has 1 heterocycles. The van der Waals surface area contributed by atoms with Crippen molar-refractivity contribution in [2.75, 3.05) is 5.32 Å². The number of rotatable bonds is 4. The van der Waals surface area contributed by atoms with Crippen LogP contribution in [-0.4, -0.2) is 15.5 Å². The zero-order valence-corrected chi connectivity index (χ0v) is 14.3. The van der Waals surface area contributed by atoms with Crippen molar-refractivity contribution in [3.05, 3.63) is 57.3 Å². The molecule has 0 fully saturated rings. The van der Waals surface area contributed by atoms with Crippen molar-refractivity contribution >= 4 is 11.6 Å². The molecule has 23 heavy (non-hydrogen) atoms. The van der Waals surface area contributed by atoms with Crippen molar-refractivity contribution in [1.29, 1.82) is 0 Å². The normalized spacial score (nSPS) is 12.0. The fourth-order valence-corrected chi connectivity index (χ4v) is 2.90. The number of aromatic nitrogens is 2. The molecule has 1 amide bonds. The van der Waals surface area contributed by atoms with E-state index in [1.54, 1.807) is 6.92 Å². The number of amides is 1. The van der Waals surface area contributed by atoms with Crippen LogP contribution in [0.5, 0.6) is 0 Å². The molecule has 122 valence electrons. The molecule has 0 radical (unpaired) electrons. The van der Waals surface area contributed by atoms with Gasteiger partial charge in [-0.3, -0.25) is 9.36 Å². The molecule has 1 N–H and O–H groups in total. The Morgan fingerprint density at radius 1 is 1.13 bits per heavy atom. The van der Waals surface area contributed by atoms with Crippen LogP contribution in [0.15, 0.2) is 29.1 Å². The molecule has 5 heteroatoms. The molecule has 0 saturated heterocycles. The average molecular weight is 313 g/mol. The molecule has 0 saturated carbocycles. The largest absolute Gasteiger partial charge is 0.348 e. The van der Waals surface area contributed by atoms with Gasteiger partial charge in [-0.05, 0) is 63.4 Å². The van der Waals surface area contributed by atoms with E-state index < -0.39 is 6.04 Å². The molecule has 1 atom stereocenters. The van der Waals surface area contributed by atoms with Crippen molar-refractivity contribution in [2.45, 2.75) is 47.1 Å². The Morgan fingerprint density at radius 3 is 2.26 bits per heavy atom. The maximum atomic E-state index is 12.7. The van der Waals surface area contributed by atoms with Gasteiger partial charge in [0.2, 0.25) is 5.91 Å². The van der Waals surface area contributed by atoms with E-state index >= 15 is 0 Å². The van der Waals surface area contributed by atoms with Gasteiger partial charge in [0.1, 0.15) is 6.04 Å². The lowest BCUT2D eigenvalue weighted by Crippen LogP contribution is -2.36. The van der Waals surface area contributed by atoms with Gasteiger partial charge in [0.25, 0.3) is 0 Å². The summed E-state index contributed by atoms with van der Waals surface area (Å²) < 4.78 is 1.46. The number of nitrogens with zero attached hydrogens (tertiary/aromatic N) is 2. The van der Waals surface area contributed by atoms with Gasteiger partial charge in [0.05, 0.1) is 0 Å². The molecule has 5 nitrogen and oxygen atoms in total. The van der Waals surface area contributed by atoms with Crippen LogP contribution < -0.4 is 11.0 Å². The first-order chi connectivity index (χ1) is 10.8. The third-order valence-corrected chi connectivity index (χ3v) is 3.77. The minimum atomic E-state index is -0.573. The van der Waals surface area contributed by atoms with E-state index in [4.69, 9.17) is 0 Å². The average Bonchev–Trinajstić information content (AvgIpc) is 2.41. The second kappa shape index (κ2) is 6.77. The van der Waals surface area contributed by atoms with Crippen molar-refractivity contribution in [3.63, 3.8) is 0 Å². The summed E-state index contributed by atoms with van der Waals surface area (Å²) in [7, 11) is 0. The van der Waals surface area contributed by atoms with Gasteiger partial charge < -0.3 is 5.32 Å². The lowest BCUT2D eigenvalue weighted by Gasteiger charge is -2.20. The van der Waals surface area contributed by atoms with Crippen LogP contribution in [-0.2, 0) is 4.79 Å². The first-order valence-corrected chi connectivity index (χ1v) is 7.77. The second-order valence-electron chi connectivity index (χ2n) is 5.98. The molecule has 1 aromatic heterocycles. The Hall–Kier alpha value is -2.43. The van der Waals surface area contributed by atoms with Gasteiger partial charge in [0, 0.05) is 17.1 Å². The van der Waals surface area contributed by atoms with E-state index in [0.29, 0.717) is 12.1 Å². The van der Waals surface area contributed by atoms with Crippen LogP contribution in [0.4, 0.5) is 5.69 Å². The Labute approximate surface area is 136 Å². The lowest BCUT2D eigenvalue weighted by atomic mass is 10.1. The number of nitrogens with one attached hydrogen (secondary N) is 1. The standard InChI is InChI=1S/C18H23N3O2/c1-6-16(21-14(5)10-13(4)19-18(21)23)17(22)20-15-8-11(2)7-12(3)9-15/h7-10,16H,6H2,1-5H3,(H,20,22). The summed E-state index contributed by atoms with van der Waals surface area (Å²) in [5.41, 5.74) is 3.93. The van der Waals surface area contributed by atoms with Crippen molar-refractivity contribution in [1.82, 2.24) is 9.55 Å². The Bertz CT molecular complexity index is 773. The molecular formula is C18H23N3O2. The maximum Gasteiger partial charge on any atom is 0.348 e. The summed E-state index contributed by atoms with van der Waals surface area (Å²) in [4.78, 5) is 28.8. The van der Waals surface area contributed by atoms with E-state index in [0.717, 1.165) is 22.5 Å². The third kappa shape index (κ3) is 3.86. The number of carbonyl (C=O) groups excluding carboxylic acids is 1.